The summed E-state index contributed by atoms with van der Waals surface area (Å²) in [7, 11) is 0. The standard InChI is InChI=1S/C53H58O9/c1-5-9-13-17-29-59-50(55)45-33-43(34-46(37-45)51(56)60-30-18-14-10-6-2)39-21-25-41(26-22-39)49(54)42-27-23-40(24-28-42)44-35-47(52(57)61-31-19-15-11-7-3)38-48(36-44)53(58)62-32-20-16-12-8-4/h5-8,21-28,33-38H,1-4,9-20,29-32H2. The van der Waals surface area contributed by atoms with Crippen molar-refractivity contribution in [3.63, 3.8) is 0 Å². The van der Waals surface area contributed by atoms with Crippen molar-refractivity contribution < 1.29 is 42.9 Å². The smallest absolute Gasteiger partial charge is 0.338 e. The molecule has 4 rings (SSSR count). The number of allylic oxidation sites excluding steroid dienone is 4. The molecule has 4 aromatic rings. The van der Waals surface area contributed by atoms with Gasteiger partial charge in [-0.25, -0.2) is 19.2 Å². The highest BCUT2D eigenvalue weighted by Gasteiger charge is 2.19. The Morgan fingerprint density at radius 2 is 0.597 bits per heavy atom. The predicted octanol–water partition coefficient (Wildman–Crippen LogP) is 12.3. The summed E-state index contributed by atoms with van der Waals surface area (Å²) in [4.78, 5) is 66.2. The second-order valence-corrected chi connectivity index (χ2v) is 14.8. The van der Waals surface area contributed by atoms with Crippen LogP contribution in [0.25, 0.3) is 22.3 Å². The molecule has 9 heteroatoms. The normalized spacial score (nSPS) is 10.6. The molecular formula is C53H58O9. The highest BCUT2D eigenvalue weighted by Crippen LogP contribution is 2.28. The Bertz CT molecular complexity index is 1910. The van der Waals surface area contributed by atoms with E-state index in [9.17, 15) is 24.0 Å². The molecule has 0 aromatic heterocycles. The Labute approximate surface area is 366 Å². The first-order valence-electron chi connectivity index (χ1n) is 21.4. The number of carbonyl (C=O) groups excluding carboxylic acids is 5. The van der Waals surface area contributed by atoms with E-state index < -0.39 is 23.9 Å². The van der Waals surface area contributed by atoms with Gasteiger partial charge in [0.1, 0.15) is 0 Å². The molecular weight excluding hydrogens is 781 g/mol. The third kappa shape index (κ3) is 15.4. The van der Waals surface area contributed by atoms with Crippen LogP contribution in [-0.4, -0.2) is 56.1 Å². The Balaban J connectivity index is 1.54. The maximum atomic E-state index is 13.7. The van der Waals surface area contributed by atoms with E-state index in [4.69, 9.17) is 18.9 Å². The van der Waals surface area contributed by atoms with Crippen molar-refractivity contribution in [3.8, 4) is 22.3 Å². The van der Waals surface area contributed by atoms with Crippen molar-refractivity contribution >= 4 is 29.7 Å². The average Bonchev–Trinajstić information content (AvgIpc) is 3.30. The zero-order valence-electron chi connectivity index (χ0n) is 35.7. The summed E-state index contributed by atoms with van der Waals surface area (Å²) >= 11 is 0. The maximum Gasteiger partial charge on any atom is 0.338 e. The molecule has 0 spiro atoms. The molecule has 9 nitrogen and oxygen atoms in total. The Hall–Kier alpha value is -6.61. The summed E-state index contributed by atoms with van der Waals surface area (Å²) in [6.07, 6.45) is 16.7. The molecule has 0 saturated heterocycles. The number of hydrogen-bond acceptors (Lipinski definition) is 9. The van der Waals surface area contributed by atoms with Gasteiger partial charge in [0.15, 0.2) is 5.78 Å². The van der Waals surface area contributed by atoms with Crippen molar-refractivity contribution in [1.29, 1.82) is 0 Å². The predicted molar refractivity (Wildman–Crippen MR) is 245 cm³/mol. The van der Waals surface area contributed by atoms with Gasteiger partial charge >= 0.3 is 23.9 Å². The molecule has 0 fully saturated rings. The van der Waals surface area contributed by atoms with Crippen LogP contribution in [0.2, 0.25) is 0 Å². The van der Waals surface area contributed by atoms with Gasteiger partial charge in [-0.05, 0) is 136 Å². The molecule has 0 heterocycles. The van der Waals surface area contributed by atoms with E-state index in [1.807, 2.05) is 24.3 Å². The zero-order chi connectivity index (χ0) is 44.5. The summed E-state index contributed by atoms with van der Waals surface area (Å²) in [5.74, 6) is -2.42. The molecule has 0 aliphatic carbocycles. The Kier molecular flexibility index (Phi) is 20.6. The lowest BCUT2D eigenvalue weighted by molar-refractivity contribution is 0.0479. The number of rotatable bonds is 28. The molecule has 324 valence electrons. The first kappa shape index (κ1) is 48.1. The van der Waals surface area contributed by atoms with E-state index in [1.54, 1.807) is 72.8 Å². The van der Waals surface area contributed by atoms with Crippen LogP contribution in [0, 0.1) is 0 Å². The van der Waals surface area contributed by atoms with Gasteiger partial charge in [-0.1, -0.05) is 72.8 Å². The second-order valence-electron chi connectivity index (χ2n) is 14.8. The van der Waals surface area contributed by atoms with Gasteiger partial charge in [-0.3, -0.25) is 4.79 Å². The Morgan fingerprint density at radius 1 is 0.339 bits per heavy atom. The summed E-state index contributed by atoms with van der Waals surface area (Å²) in [6, 6.07) is 23.4. The van der Waals surface area contributed by atoms with Gasteiger partial charge in [-0.2, -0.15) is 0 Å². The quantitative estimate of drug-likeness (QED) is 0.0181. The van der Waals surface area contributed by atoms with Crippen LogP contribution < -0.4 is 0 Å². The number of unbranched alkanes of at least 4 members (excludes halogenated alkanes) is 8. The van der Waals surface area contributed by atoms with E-state index in [-0.39, 0.29) is 54.5 Å². The van der Waals surface area contributed by atoms with Gasteiger partial charge in [-0.15, -0.1) is 26.3 Å². The molecule has 0 amide bonds. The van der Waals surface area contributed by atoms with Gasteiger partial charge < -0.3 is 18.9 Å². The molecule has 0 aliphatic heterocycles. The van der Waals surface area contributed by atoms with Crippen molar-refractivity contribution in [2.75, 3.05) is 26.4 Å². The number of ketones is 1. The van der Waals surface area contributed by atoms with Crippen molar-refractivity contribution in [2.45, 2.75) is 77.0 Å². The molecule has 0 N–H and O–H groups in total. The number of hydrogen-bond donors (Lipinski definition) is 0. The van der Waals surface area contributed by atoms with Crippen LogP contribution in [0.5, 0.6) is 0 Å². The first-order chi connectivity index (χ1) is 30.2. The molecule has 4 aromatic carbocycles. The molecule has 0 atom stereocenters. The van der Waals surface area contributed by atoms with Crippen molar-refractivity contribution in [1.82, 2.24) is 0 Å². The summed E-state index contributed by atoms with van der Waals surface area (Å²) in [6.45, 7) is 15.8. The lowest BCUT2D eigenvalue weighted by atomic mass is 9.95. The first-order valence-corrected chi connectivity index (χ1v) is 21.4. The minimum Gasteiger partial charge on any atom is -0.462 e. The summed E-state index contributed by atoms with van der Waals surface area (Å²) in [5, 5.41) is 0. The van der Waals surface area contributed by atoms with Crippen LogP contribution in [-0.2, 0) is 18.9 Å². The Morgan fingerprint density at radius 3 is 0.839 bits per heavy atom. The van der Waals surface area contributed by atoms with Crippen molar-refractivity contribution in [3.05, 3.63) is 169 Å². The SMILES string of the molecule is C=CCCCCOC(=O)c1cc(C(=O)OCCCCC=C)cc(-c2ccc(C(=O)c3ccc(-c4cc(C(=O)OCCCCC=C)cc(C(=O)OCCCCC=C)c4)cc3)cc2)c1. The van der Waals surface area contributed by atoms with Crippen LogP contribution in [0.1, 0.15) is 134 Å². The van der Waals surface area contributed by atoms with Crippen LogP contribution in [0.4, 0.5) is 0 Å². The van der Waals surface area contributed by atoms with Crippen LogP contribution in [0.15, 0.2) is 136 Å². The number of esters is 4. The summed E-state index contributed by atoms with van der Waals surface area (Å²) < 4.78 is 22.1. The van der Waals surface area contributed by atoms with Crippen LogP contribution >= 0.6 is 0 Å². The lowest BCUT2D eigenvalue weighted by Gasteiger charge is -2.12. The maximum absolute atomic E-state index is 13.7. The zero-order valence-corrected chi connectivity index (χ0v) is 35.7. The van der Waals surface area contributed by atoms with Gasteiger partial charge in [0.2, 0.25) is 0 Å². The molecule has 0 saturated carbocycles. The van der Waals surface area contributed by atoms with Gasteiger partial charge in [0, 0.05) is 11.1 Å². The van der Waals surface area contributed by atoms with E-state index >= 15 is 0 Å². The lowest BCUT2D eigenvalue weighted by Crippen LogP contribution is -2.11. The van der Waals surface area contributed by atoms with E-state index in [2.05, 4.69) is 26.3 Å². The molecule has 0 unspecified atom stereocenters. The van der Waals surface area contributed by atoms with E-state index in [0.717, 1.165) is 51.4 Å². The minimum atomic E-state index is -0.548. The van der Waals surface area contributed by atoms with Crippen molar-refractivity contribution in [2.24, 2.45) is 0 Å². The van der Waals surface area contributed by atoms with Gasteiger partial charge in [0.05, 0.1) is 48.7 Å². The van der Waals surface area contributed by atoms with Crippen LogP contribution in [0.3, 0.4) is 0 Å². The largest absolute Gasteiger partial charge is 0.462 e. The number of benzene rings is 4. The van der Waals surface area contributed by atoms with E-state index in [0.29, 0.717) is 59.1 Å². The molecule has 0 bridgehead atoms. The van der Waals surface area contributed by atoms with E-state index in [1.165, 1.54) is 12.1 Å². The average molecular weight is 839 g/mol. The fraction of sp³-hybridized carbons (Fsp3) is 0.302. The number of ether oxygens (including phenoxy) is 4. The third-order valence-electron chi connectivity index (χ3n) is 9.91. The summed E-state index contributed by atoms with van der Waals surface area (Å²) in [5.41, 5.74) is 4.25. The third-order valence-corrected chi connectivity index (χ3v) is 9.91. The molecule has 0 radical (unpaired) electrons. The molecule has 62 heavy (non-hydrogen) atoms. The minimum absolute atomic E-state index is 0.218. The number of carbonyl (C=O) groups is 5. The second kappa shape index (κ2) is 26.6. The fourth-order valence-electron chi connectivity index (χ4n) is 6.41. The highest BCUT2D eigenvalue weighted by atomic mass is 16.5. The molecule has 0 aliphatic rings. The topological polar surface area (TPSA) is 122 Å². The fourth-order valence-corrected chi connectivity index (χ4v) is 6.41. The monoisotopic (exact) mass is 838 g/mol. The highest BCUT2D eigenvalue weighted by molar-refractivity contribution is 6.09. The van der Waals surface area contributed by atoms with Gasteiger partial charge in [0.25, 0.3) is 0 Å².